The quantitative estimate of drug-likeness (QED) is 0.766. The van der Waals surface area contributed by atoms with Gasteiger partial charge in [0, 0.05) is 24.8 Å². The van der Waals surface area contributed by atoms with Gasteiger partial charge in [0.1, 0.15) is 0 Å². The van der Waals surface area contributed by atoms with Crippen LogP contribution in [0.25, 0.3) is 0 Å². The van der Waals surface area contributed by atoms with Gasteiger partial charge in [-0.2, -0.15) is 0 Å². The second-order valence-electron chi connectivity index (χ2n) is 5.03. The third-order valence-corrected chi connectivity index (χ3v) is 3.79. The maximum absolute atomic E-state index is 6.01. The molecule has 2 nitrogen and oxygen atoms in total. The summed E-state index contributed by atoms with van der Waals surface area (Å²) in [6, 6.07) is 6.86. The number of hydrogen-bond donors (Lipinski definition) is 1. The summed E-state index contributed by atoms with van der Waals surface area (Å²) in [5.41, 5.74) is 2.87. The average Bonchev–Trinajstić information content (AvgIpc) is 2.75. The van der Waals surface area contributed by atoms with E-state index in [-0.39, 0.29) is 0 Å². The first-order valence-electron chi connectivity index (χ1n) is 6.79. The molecule has 0 amide bonds. The van der Waals surface area contributed by atoms with E-state index >= 15 is 0 Å². The molecule has 18 heavy (non-hydrogen) atoms. The van der Waals surface area contributed by atoms with Crippen molar-refractivity contribution in [2.75, 3.05) is 20.3 Å². The highest BCUT2D eigenvalue weighted by molar-refractivity contribution is 6.30. The molecule has 100 valence electrons. The summed E-state index contributed by atoms with van der Waals surface area (Å²) in [4.78, 5) is 0. The highest BCUT2D eigenvalue weighted by Crippen LogP contribution is 2.25. The number of nitrogens with one attached hydrogen (secondary N) is 1. The normalized spacial score (nSPS) is 18.0. The molecule has 0 aliphatic heterocycles. The van der Waals surface area contributed by atoms with Crippen molar-refractivity contribution in [3.8, 4) is 0 Å². The lowest BCUT2D eigenvalue weighted by Gasteiger charge is -2.11. The first-order valence-corrected chi connectivity index (χ1v) is 7.17. The lowest BCUT2D eigenvalue weighted by Crippen LogP contribution is -2.30. The number of hydrogen-bond acceptors (Lipinski definition) is 2. The number of rotatable bonds is 7. The minimum Gasteiger partial charge on any atom is -0.385 e. The van der Waals surface area contributed by atoms with Crippen LogP contribution in [-0.4, -0.2) is 26.3 Å². The van der Waals surface area contributed by atoms with Crippen LogP contribution >= 0.6 is 11.6 Å². The Morgan fingerprint density at radius 3 is 2.89 bits per heavy atom. The Hall–Kier alpha value is -0.570. The molecule has 0 saturated carbocycles. The third kappa shape index (κ3) is 3.98. The van der Waals surface area contributed by atoms with Crippen molar-refractivity contribution >= 4 is 11.6 Å². The predicted molar refractivity (Wildman–Crippen MR) is 76.4 cm³/mol. The SMILES string of the molecule is COCCCCCNC1Cc2ccc(Cl)cc2C1. The minimum atomic E-state index is 0.598. The van der Waals surface area contributed by atoms with Gasteiger partial charge in [-0.05, 0) is 61.9 Å². The van der Waals surface area contributed by atoms with Crippen molar-refractivity contribution < 1.29 is 4.74 Å². The van der Waals surface area contributed by atoms with Gasteiger partial charge in [-0.15, -0.1) is 0 Å². The zero-order valence-electron chi connectivity index (χ0n) is 11.0. The molecule has 1 unspecified atom stereocenters. The molecule has 0 aromatic heterocycles. The third-order valence-electron chi connectivity index (χ3n) is 3.56. The molecule has 0 fully saturated rings. The molecule has 0 heterocycles. The van der Waals surface area contributed by atoms with Crippen LogP contribution < -0.4 is 5.32 Å². The predicted octanol–water partition coefficient (Wildman–Crippen LogP) is 3.21. The Morgan fingerprint density at radius 1 is 1.22 bits per heavy atom. The summed E-state index contributed by atoms with van der Waals surface area (Å²) >= 11 is 6.01. The molecule has 1 aromatic rings. The lowest BCUT2D eigenvalue weighted by atomic mass is 10.1. The Kier molecular flexibility index (Phi) is 5.48. The first kappa shape index (κ1) is 13.9. The van der Waals surface area contributed by atoms with Gasteiger partial charge in [0.15, 0.2) is 0 Å². The summed E-state index contributed by atoms with van der Waals surface area (Å²) in [6.45, 7) is 1.99. The summed E-state index contributed by atoms with van der Waals surface area (Å²) in [6.07, 6.45) is 5.90. The van der Waals surface area contributed by atoms with Crippen LogP contribution in [0.3, 0.4) is 0 Å². The molecule has 1 aromatic carbocycles. The van der Waals surface area contributed by atoms with Crippen molar-refractivity contribution in [2.24, 2.45) is 0 Å². The fraction of sp³-hybridized carbons (Fsp3) is 0.600. The molecule has 0 saturated heterocycles. The average molecular weight is 268 g/mol. The van der Waals surface area contributed by atoms with E-state index in [1.54, 1.807) is 7.11 Å². The molecule has 1 atom stereocenters. The first-order chi connectivity index (χ1) is 8.79. The fourth-order valence-electron chi connectivity index (χ4n) is 2.59. The van der Waals surface area contributed by atoms with E-state index in [0.29, 0.717) is 6.04 Å². The maximum atomic E-state index is 6.01. The highest BCUT2D eigenvalue weighted by Gasteiger charge is 2.20. The molecule has 1 aliphatic carbocycles. The standard InChI is InChI=1S/C15H22ClNO/c1-18-8-4-2-3-7-17-15-10-12-5-6-14(16)9-13(12)11-15/h5-6,9,15,17H,2-4,7-8,10-11H2,1H3. The minimum absolute atomic E-state index is 0.598. The van der Waals surface area contributed by atoms with E-state index in [9.17, 15) is 0 Å². The Balaban J connectivity index is 1.65. The van der Waals surface area contributed by atoms with Crippen LogP contribution in [0.4, 0.5) is 0 Å². The number of fused-ring (bicyclic) bond motifs is 1. The van der Waals surface area contributed by atoms with E-state index in [1.807, 2.05) is 6.07 Å². The van der Waals surface area contributed by atoms with Crippen molar-refractivity contribution in [3.05, 3.63) is 34.3 Å². The lowest BCUT2D eigenvalue weighted by molar-refractivity contribution is 0.192. The van der Waals surface area contributed by atoms with Crippen LogP contribution in [-0.2, 0) is 17.6 Å². The largest absolute Gasteiger partial charge is 0.385 e. The second-order valence-corrected chi connectivity index (χ2v) is 5.46. The van der Waals surface area contributed by atoms with E-state index in [1.165, 1.54) is 30.4 Å². The van der Waals surface area contributed by atoms with E-state index < -0.39 is 0 Å². The Labute approximate surface area is 115 Å². The van der Waals surface area contributed by atoms with E-state index in [0.717, 1.165) is 31.0 Å². The van der Waals surface area contributed by atoms with Crippen LogP contribution in [0.1, 0.15) is 30.4 Å². The van der Waals surface area contributed by atoms with Crippen LogP contribution in [0.2, 0.25) is 5.02 Å². The summed E-state index contributed by atoms with van der Waals surface area (Å²) in [5, 5.41) is 4.50. The summed E-state index contributed by atoms with van der Waals surface area (Å²) in [7, 11) is 1.76. The number of methoxy groups -OCH3 is 1. The molecule has 1 aliphatic rings. The van der Waals surface area contributed by atoms with Gasteiger partial charge in [-0.1, -0.05) is 17.7 Å². The van der Waals surface area contributed by atoms with Gasteiger partial charge in [-0.3, -0.25) is 0 Å². The van der Waals surface area contributed by atoms with Crippen LogP contribution in [0.5, 0.6) is 0 Å². The Morgan fingerprint density at radius 2 is 2.06 bits per heavy atom. The van der Waals surface area contributed by atoms with Gasteiger partial charge in [0.2, 0.25) is 0 Å². The molecule has 1 N–H and O–H groups in total. The maximum Gasteiger partial charge on any atom is 0.0462 e. The van der Waals surface area contributed by atoms with Gasteiger partial charge in [0.05, 0.1) is 0 Å². The molecule has 0 bridgehead atoms. The van der Waals surface area contributed by atoms with Crippen molar-refractivity contribution in [1.82, 2.24) is 5.32 Å². The summed E-state index contributed by atoms with van der Waals surface area (Å²) < 4.78 is 5.04. The van der Waals surface area contributed by atoms with E-state index in [4.69, 9.17) is 16.3 Å². The highest BCUT2D eigenvalue weighted by atomic mass is 35.5. The number of benzene rings is 1. The summed E-state index contributed by atoms with van der Waals surface area (Å²) in [5.74, 6) is 0. The zero-order valence-corrected chi connectivity index (χ0v) is 11.8. The zero-order chi connectivity index (χ0) is 12.8. The topological polar surface area (TPSA) is 21.3 Å². The molecule has 3 heteroatoms. The van der Waals surface area contributed by atoms with Crippen molar-refractivity contribution in [3.63, 3.8) is 0 Å². The van der Waals surface area contributed by atoms with Gasteiger partial charge in [-0.25, -0.2) is 0 Å². The van der Waals surface area contributed by atoms with Crippen LogP contribution in [0.15, 0.2) is 18.2 Å². The molecule has 0 radical (unpaired) electrons. The molecular weight excluding hydrogens is 246 g/mol. The molecule has 2 rings (SSSR count). The molecular formula is C15H22ClNO. The molecule has 0 spiro atoms. The van der Waals surface area contributed by atoms with Gasteiger partial charge in [0.25, 0.3) is 0 Å². The van der Waals surface area contributed by atoms with Crippen molar-refractivity contribution in [1.29, 1.82) is 0 Å². The van der Waals surface area contributed by atoms with Gasteiger partial charge < -0.3 is 10.1 Å². The van der Waals surface area contributed by atoms with Crippen LogP contribution in [0, 0.1) is 0 Å². The fourth-order valence-corrected chi connectivity index (χ4v) is 2.78. The number of unbranched alkanes of at least 4 members (excludes halogenated alkanes) is 2. The smallest absolute Gasteiger partial charge is 0.0462 e. The Bertz CT molecular complexity index is 381. The number of ether oxygens (including phenoxy) is 1. The van der Waals surface area contributed by atoms with Crippen molar-refractivity contribution in [2.45, 2.75) is 38.1 Å². The second kappa shape index (κ2) is 7.13. The van der Waals surface area contributed by atoms with E-state index in [2.05, 4.69) is 17.4 Å². The number of halogens is 1. The monoisotopic (exact) mass is 267 g/mol. The van der Waals surface area contributed by atoms with Gasteiger partial charge >= 0.3 is 0 Å².